The zero-order valence-corrected chi connectivity index (χ0v) is 20.8. The number of nitrogens with zero attached hydrogens (tertiary/aromatic N) is 2. The van der Waals surface area contributed by atoms with Gasteiger partial charge in [-0.25, -0.2) is 4.99 Å². The molecule has 8 heteroatoms. The molecule has 0 atom stereocenters. The van der Waals surface area contributed by atoms with E-state index in [1.165, 1.54) is 38.5 Å². The number of amides is 2. The second-order valence-corrected chi connectivity index (χ2v) is 8.19. The van der Waals surface area contributed by atoms with E-state index in [2.05, 4.69) is 27.9 Å². The predicted octanol–water partition coefficient (Wildman–Crippen LogP) is 2.90. The Bertz CT molecular complexity index is 732. The quantitative estimate of drug-likeness (QED) is 0.205. The number of piperazine rings is 1. The number of rotatable bonds is 8. The third kappa shape index (κ3) is 8.31. The molecule has 0 spiro atoms. The Kier molecular flexibility index (Phi) is 11.1. The first-order valence-electron chi connectivity index (χ1n) is 11.3. The van der Waals surface area contributed by atoms with Crippen LogP contribution in [-0.4, -0.2) is 55.4 Å². The van der Waals surface area contributed by atoms with Gasteiger partial charge in [0.25, 0.3) is 5.91 Å². The molecule has 1 aliphatic heterocycles. The lowest BCUT2D eigenvalue weighted by atomic mass is 10.0. The molecule has 1 aliphatic carbocycles. The first kappa shape index (κ1) is 25.4. The second kappa shape index (κ2) is 13.5. The lowest BCUT2D eigenvalue weighted by molar-refractivity contribution is -0.123. The van der Waals surface area contributed by atoms with Crippen LogP contribution in [-0.2, 0) is 11.3 Å². The highest BCUT2D eigenvalue weighted by Gasteiger charge is 2.22. The van der Waals surface area contributed by atoms with Crippen LogP contribution in [0.3, 0.4) is 0 Å². The maximum Gasteiger partial charge on any atom is 0.254 e. The summed E-state index contributed by atoms with van der Waals surface area (Å²) in [7, 11) is 0. The molecule has 7 nitrogen and oxygen atoms in total. The van der Waals surface area contributed by atoms with E-state index in [-0.39, 0.29) is 42.3 Å². The smallest absolute Gasteiger partial charge is 0.254 e. The SMILES string of the molecule is CCNC(=NCc1ccc(C(=O)N2CCNC(=O)C2)cc1)NCCCC1CCCC1.I. The van der Waals surface area contributed by atoms with Gasteiger partial charge in [-0.05, 0) is 43.4 Å². The van der Waals surface area contributed by atoms with E-state index in [1.807, 2.05) is 24.3 Å². The van der Waals surface area contributed by atoms with Gasteiger partial charge in [0.2, 0.25) is 5.91 Å². The fourth-order valence-electron chi connectivity index (χ4n) is 4.16. The van der Waals surface area contributed by atoms with Crippen molar-refractivity contribution in [2.24, 2.45) is 10.9 Å². The van der Waals surface area contributed by atoms with Gasteiger partial charge in [-0.1, -0.05) is 37.8 Å². The van der Waals surface area contributed by atoms with E-state index in [1.54, 1.807) is 4.90 Å². The van der Waals surface area contributed by atoms with Crippen molar-refractivity contribution in [3.8, 4) is 0 Å². The van der Waals surface area contributed by atoms with Crippen LogP contribution in [0.1, 0.15) is 61.4 Å². The summed E-state index contributed by atoms with van der Waals surface area (Å²) in [6.45, 7) is 5.58. The van der Waals surface area contributed by atoms with Crippen LogP contribution in [0.25, 0.3) is 0 Å². The zero-order chi connectivity index (χ0) is 21.2. The van der Waals surface area contributed by atoms with Gasteiger partial charge in [0.05, 0.1) is 13.1 Å². The van der Waals surface area contributed by atoms with Gasteiger partial charge in [0.15, 0.2) is 5.96 Å². The monoisotopic (exact) mass is 541 g/mol. The van der Waals surface area contributed by atoms with Crippen LogP contribution >= 0.6 is 24.0 Å². The van der Waals surface area contributed by atoms with Crippen molar-refractivity contribution in [2.45, 2.75) is 52.0 Å². The molecule has 0 radical (unpaired) electrons. The van der Waals surface area contributed by atoms with Crippen molar-refractivity contribution >= 4 is 41.8 Å². The highest BCUT2D eigenvalue weighted by Crippen LogP contribution is 2.28. The van der Waals surface area contributed by atoms with Gasteiger partial charge in [-0.15, -0.1) is 24.0 Å². The summed E-state index contributed by atoms with van der Waals surface area (Å²) >= 11 is 0. The molecule has 1 heterocycles. The number of hydrogen-bond donors (Lipinski definition) is 3. The van der Waals surface area contributed by atoms with Gasteiger partial charge >= 0.3 is 0 Å². The van der Waals surface area contributed by atoms with Crippen LogP contribution in [0.4, 0.5) is 0 Å². The highest BCUT2D eigenvalue weighted by molar-refractivity contribution is 14.0. The molecule has 1 saturated carbocycles. The summed E-state index contributed by atoms with van der Waals surface area (Å²) in [6, 6.07) is 7.51. The molecular weight excluding hydrogens is 505 g/mol. The molecule has 2 amide bonds. The molecule has 1 aromatic rings. The van der Waals surface area contributed by atoms with Gasteiger partial charge in [0, 0.05) is 31.7 Å². The number of aliphatic imine (C=N–C) groups is 1. The summed E-state index contributed by atoms with van der Waals surface area (Å²) in [5.41, 5.74) is 1.65. The summed E-state index contributed by atoms with van der Waals surface area (Å²) in [6.07, 6.45) is 8.09. The predicted molar refractivity (Wildman–Crippen MR) is 135 cm³/mol. The van der Waals surface area contributed by atoms with Crippen LogP contribution in [0.5, 0.6) is 0 Å². The minimum atomic E-state index is -0.104. The minimum absolute atomic E-state index is 0. The maximum absolute atomic E-state index is 12.5. The number of nitrogens with one attached hydrogen (secondary N) is 3. The summed E-state index contributed by atoms with van der Waals surface area (Å²) < 4.78 is 0. The number of benzene rings is 1. The van der Waals surface area contributed by atoms with E-state index in [4.69, 9.17) is 0 Å². The molecule has 2 aliphatic rings. The number of guanidine groups is 1. The van der Waals surface area contributed by atoms with Crippen molar-refractivity contribution in [3.05, 3.63) is 35.4 Å². The number of hydrogen-bond acceptors (Lipinski definition) is 3. The molecule has 2 fully saturated rings. The number of carbonyl (C=O) groups excluding carboxylic acids is 2. The summed E-state index contributed by atoms with van der Waals surface area (Å²) in [4.78, 5) is 30.3. The second-order valence-electron chi connectivity index (χ2n) is 8.19. The fourth-order valence-corrected chi connectivity index (χ4v) is 4.16. The molecule has 1 saturated heterocycles. The molecule has 1 aromatic carbocycles. The Morgan fingerprint density at radius 1 is 1.19 bits per heavy atom. The number of halogens is 1. The molecule has 172 valence electrons. The standard InChI is InChI=1S/C23H35N5O2.HI/c1-2-24-23(26-13-5-8-18-6-3-4-7-18)27-16-19-9-11-20(12-10-19)22(30)28-15-14-25-21(29)17-28;/h9-12,18H,2-8,13-17H2,1H3,(H,25,29)(H2,24,26,27);1H. The van der Waals surface area contributed by atoms with Gasteiger partial charge < -0.3 is 20.9 Å². The Balaban J connectivity index is 0.00000341. The maximum atomic E-state index is 12.5. The number of carbonyl (C=O) groups is 2. The average Bonchev–Trinajstić information content (AvgIpc) is 3.28. The van der Waals surface area contributed by atoms with Crippen LogP contribution in [0.15, 0.2) is 29.3 Å². The van der Waals surface area contributed by atoms with E-state index in [9.17, 15) is 9.59 Å². The lowest BCUT2D eigenvalue weighted by Crippen LogP contribution is -2.49. The molecular formula is C23H36IN5O2. The van der Waals surface area contributed by atoms with Crippen molar-refractivity contribution in [1.29, 1.82) is 0 Å². The molecule has 0 bridgehead atoms. The van der Waals surface area contributed by atoms with Gasteiger partial charge in [-0.3, -0.25) is 9.59 Å². The van der Waals surface area contributed by atoms with E-state index < -0.39 is 0 Å². The van der Waals surface area contributed by atoms with E-state index >= 15 is 0 Å². The summed E-state index contributed by atoms with van der Waals surface area (Å²) in [5.74, 6) is 1.56. The largest absolute Gasteiger partial charge is 0.357 e. The minimum Gasteiger partial charge on any atom is -0.357 e. The van der Waals surface area contributed by atoms with Crippen molar-refractivity contribution < 1.29 is 9.59 Å². The first-order valence-corrected chi connectivity index (χ1v) is 11.3. The van der Waals surface area contributed by atoms with E-state index in [0.29, 0.717) is 25.2 Å². The Hall–Kier alpha value is -1.84. The Morgan fingerprint density at radius 3 is 2.61 bits per heavy atom. The molecule has 3 N–H and O–H groups in total. The molecule has 0 aromatic heterocycles. The Labute approximate surface area is 202 Å². The van der Waals surface area contributed by atoms with E-state index in [0.717, 1.165) is 30.5 Å². The van der Waals surface area contributed by atoms with Gasteiger partial charge in [-0.2, -0.15) is 0 Å². The van der Waals surface area contributed by atoms with Crippen molar-refractivity contribution in [3.63, 3.8) is 0 Å². The Morgan fingerprint density at radius 2 is 1.94 bits per heavy atom. The average molecular weight is 541 g/mol. The molecule has 0 unspecified atom stereocenters. The topological polar surface area (TPSA) is 85.8 Å². The van der Waals surface area contributed by atoms with Crippen LogP contribution in [0, 0.1) is 5.92 Å². The zero-order valence-electron chi connectivity index (χ0n) is 18.5. The third-order valence-electron chi connectivity index (χ3n) is 5.85. The normalized spacial score (nSPS) is 17.1. The molecule has 3 rings (SSSR count). The lowest BCUT2D eigenvalue weighted by Gasteiger charge is -2.26. The first-order chi connectivity index (χ1) is 14.7. The third-order valence-corrected chi connectivity index (χ3v) is 5.85. The molecule has 31 heavy (non-hydrogen) atoms. The van der Waals surface area contributed by atoms with Crippen molar-refractivity contribution in [1.82, 2.24) is 20.9 Å². The fraction of sp³-hybridized carbons (Fsp3) is 0.609. The van der Waals surface area contributed by atoms with Crippen molar-refractivity contribution in [2.75, 3.05) is 32.7 Å². The highest BCUT2D eigenvalue weighted by atomic mass is 127. The van der Waals surface area contributed by atoms with Crippen LogP contribution < -0.4 is 16.0 Å². The summed E-state index contributed by atoms with van der Waals surface area (Å²) in [5, 5.41) is 9.47. The van der Waals surface area contributed by atoms with Gasteiger partial charge in [0.1, 0.15) is 0 Å². The van der Waals surface area contributed by atoms with Crippen LogP contribution in [0.2, 0.25) is 0 Å².